The van der Waals surface area contributed by atoms with Gasteiger partial charge in [-0.15, -0.1) is 0 Å². The summed E-state index contributed by atoms with van der Waals surface area (Å²) in [6.07, 6.45) is -2.32. The minimum absolute atomic E-state index is 0.0813. The van der Waals surface area contributed by atoms with Gasteiger partial charge in [-0.1, -0.05) is 6.07 Å². The number of rotatable bonds is 16. The highest BCUT2D eigenvalue weighted by atomic mass is 31.2. The van der Waals surface area contributed by atoms with E-state index in [2.05, 4.69) is 10.6 Å². The summed E-state index contributed by atoms with van der Waals surface area (Å²) in [6, 6.07) is 4.16. The van der Waals surface area contributed by atoms with Crippen molar-refractivity contribution in [3.63, 3.8) is 0 Å². The third kappa shape index (κ3) is 9.60. The van der Waals surface area contributed by atoms with E-state index in [4.69, 9.17) is 19.1 Å². The lowest BCUT2D eigenvalue weighted by atomic mass is 10.0. The number of carbonyl (C=O) groups excluding carboxylic acids is 1. The third-order valence-corrected chi connectivity index (χ3v) is 7.49. The molecule has 12 nitrogen and oxygen atoms in total. The van der Waals surface area contributed by atoms with E-state index in [0.717, 1.165) is 5.56 Å². The smallest absolute Gasteiger partial charge is 0.330 e. The number of aliphatic hydroxyl groups is 4. The van der Waals surface area contributed by atoms with Gasteiger partial charge in [-0.25, -0.2) is 0 Å². The van der Waals surface area contributed by atoms with Crippen LogP contribution < -0.4 is 20.1 Å². The van der Waals surface area contributed by atoms with E-state index in [1.807, 2.05) is 18.2 Å². The minimum Gasteiger partial charge on any atom is -0.493 e. The maximum atomic E-state index is 12.2. The van der Waals surface area contributed by atoms with Gasteiger partial charge in [-0.2, -0.15) is 0 Å². The van der Waals surface area contributed by atoms with Gasteiger partial charge in [-0.05, 0) is 43.4 Å². The third-order valence-electron chi connectivity index (χ3n) is 6.02. The van der Waals surface area contributed by atoms with Crippen molar-refractivity contribution >= 4 is 13.5 Å². The molecule has 1 fully saturated rings. The van der Waals surface area contributed by atoms with Crippen molar-refractivity contribution in [1.82, 2.24) is 10.6 Å². The zero-order valence-electron chi connectivity index (χ0n) is 20.7. The van der Waals surface area contributed by atoms with Gasteiger partial charge in [0.2, 0.25) is 5.91 Å². The lowest BCUT2D eigenvalue weighted by Crippen LogP contribution is -2.38. The van der Waals surface area contributed by atoms with Crippen LogP contribution in [0.3, 0.4) is 0 Å². The summed E-state index contributed by atoms with van der Waals surface area (Å²) in [5.74, 6) is 1.14. The van der Waals surface area contributed by atoms with Gasteiger partial charge in [0.1, 0.15) is 0 Å². The fraction of sp³-hybridized carbons (Fsp3) is 0.696. The molecule has 7 N–H and O–H groups in total. The van der Waals surface area contributed by atoms with Crippen LogP contribution in [0, 0.1) is 0 Å². The minimum atomic E-state index is -4.09. The predicted octanol–water partition coefficient (Wildman–Crippen LogP) is -0.460. The molecule has 2 rings (SSSR count). The van der Waals surface area contributed by atoms with Gasteiger partial charge in [0.15, 0.2) is 11.5 Å². The molecule has 0 aromatic heterocycles. The molecule has 1 aliphatic heterocycles. The average Bonchev–Trinajstić information content (AvgIpc) is 3.10. The number of hydrogen-bond donors (Lipinski definition) is 7. The highest BCUT2D eigenvalue weighted by molar-refractivity contribution is 7.52. The SMILES string of the molecule is COc1ccc(CCCC(=O)NCCCOP(=O)(O)C[C@H](O)C[C@H]2N[C@H](CO)[C@@H](O)[C@@H]2O)cc1OC. The molecule has 206 valence electrons. The molecule has 0 aliphatic carbocycles. The summed E-state index contributed by atoms with van der Waals surface area (Å²) >= 11 is 0. The van der Waals surface area contributed by atoms with E-state index in [-0.39, 0.29) is 32.1 Å². The van der Waals surface area contributed by atoms with Crippen molar-refractivity contribution in [3.8, 4) is 11.5 Å². The lowest BCUT2D eigenvalue weighted by Gasteiger charge is -2.21. The van der Waals surface area contributed by atoms with Crippen molar-refractivity contribution in [2.45, 2.75) is 62.5 Å². The Balaban J connectivity index is 1.59. The monoisotopic (exact) mass is 534 g/mol. The average molecular weight is 535 g/mol. The Hall–Kier alpha value is -1.76. The largest absolute Gasteiger partial charge is 0.493 e. The van der Waals surface area contributed by atoms with Gasteiger partial charge in [-0.3, -0.25) is 9.36 Å². The Morgan fingerprint density at radius 1 is 1.14 bits per heavy atom. The molecule has 36 heavy (non-hydrogen) atoms. The summed E-state index contributed by atoms with van der Waals surface area (Å²) in [5.41, 5.74) is 1.03. The van der Waals surface area contributed by atoms with E-state index < -0.39 is 44.2 Å². The second-order valence-electron chi connectivity index (χ2n) is 8.83. The number of ether oxygens (including phenoxy) is 2. The molecular formula is C23H39N2O10P. The lowest BCUT2D eigenvalue weighted by molar-refractivity contribution is -0.121. The predicted molar refractivity (Wildman–Crippen MR) is 131 cm³/mol. The van der Waals surface area contributed by atoms with Crippen LogP contribution in [0.1, 0.15) is 31.2 Å². The van der Waals surface area contributed by atoms with Crippen molar-refractivity contribution in [3.05, 3.63) is 23.8 Å². The van der Waals surface area contributed by atoms with Gasteiger partial charge < -0.3 is 50.0 Å². The summed E-state index contributed by atoms with van der Waals surface area (Å²) in [7, 11) is -0.962. The standard InChI is InChI=1S/C23H39N2O10P/c1-33-19-8-7-15(11-20(19)34-2)5-3-6-21(28)24-9-4-10-35-36(31,32)14-16(27)12-17-22(29)23(30)18(13-26)25-17/h7-8,11,16-18,22-23,25-27,29-30H,3-6,9-10,12-14H2,1-2H3,(H,24,28)(H,31,32)/t16-,17-,18-,22-,23-/m1/s1. The van der Waals surface area contributed by atoms with E-state index >= 15 is 0 Å². The fourth-order valence-electron chi connectivity index (χ4n) is 4.09. The van der Waals surface area contributed by atoms with Crippen molar-refractivity contribution in [2.75, 3.05) is 40.1 Å². The summed E-state index contributed by atoms with van der Waals surface area (Å²) in [5, 5.41) is 44.6. The van der Waals surface area contributed by atoms with Crippen LogP contribution in [-0.4, -0.2) is 102 Å². The maximum Gasteiger partial charge on any atom is 0.330 e. The number of benzene rings is 1. The van der Waals surface area contributed by atoms with E-state index in [1.165, 1.54) is 0 Å². The molecule has 0 saturated carbocycles. The zero-order chi connectivity index (χ0) is 26.7. The van der Waals surface area contributed by atoms with Crippen LogP contribution in [0.15, 0.2) is 18.2 Å². The van der Waals surface area contributed by atoms with Crippen LogP contribution in [0.5, 0.6) is 11.5 Å². The van der Waals surface area contributed by atoms with Gasteiger partial charge >= 0.3 is 7.60 Å². The first-order valence-electron chi connectivity index (χ1n) is 11.9. The van der Waals surface area contributed by atoms with Crippen molar-refractivity contribution < 1.29 is 48.7 Å². The number of amides is 1. The molecular weight excluding hydrogens is 495 g/mol. The molecule has 1 unspecified atom stereocenters. The number of methoxy groups -OCH3 is 2. The summed E-state index contributed by atoms with van der Waals surface area (Å²) in [4.78, 5) is 22.0. The Labute approximate surface area is 211 Å². The van der Waals surface area contributed by atoms with Crippen LogP contribution in [0.25, 0.3) is 0 Å². The molecule has 0 spiro atoms. The first kappa shape index (κ1) is 30.5. The quantitative estimate of drug-likeness (QED) is 0.107. The molecule has 0 bridgehead atoms. The Kier molecular flexibility index (Phi) is 12.6. The number of nitrogens with one attached hydrogen (secondary N) is 2. The zero-order valence-corrected chi connectivity index (χ0v) is 21.6. The second-order valence-corrected chi connectivity index (χ2v) is 10.7. The normalized spacial score (nSPS) is 24.2. The molecule has 1 heterocycles. The van der Waals surface area contributed by atoms with E-state index in [9.17, 15) is 29.6 Å². The second kappa shape index (κ2) is 14.8. The Morgan fingerprint density at radius 2 is 1.83 bits per heavy atom. The van der Waals surface area contributed by atoms with Crippen LogP contribution in [0.4, 0.5) is 0 Å². The number of aliphatic hydroxyl groups excluding tert-OH is 4. The van der Waals surface area contributed by atoms with Gasteiger partial charge in [0.05, 0.1) is 57.9 Å². The summed E-state index contributed by atoms with van der Waals surface area (Å²) < 4.78 is 27.7. The molecule has 1 aliphatic rings. The van der Waals surface area contributed by atoms with Crippen LogP contribution in [-0.2, 0) is 20.3 Å². The Morgan fingerprint density at radius 3 is 2.47 bits per heavy atom. The molecule has 1 amide bonds. The van der Waals surface area contributed by atoms with Crippen molar-refractivity contribution in [1.29, 1.82) is 0 Å². The van der Waals surface area contributed by atoms with Crippen molar-refractivity contribution in [2.24, 2.45) is 0 Å². The van der Waals surface area contributed by atoms with Gasteiger partial charge in [0, 0.05) is 19.0 Å². The highest BCUT2D eigenvalue weighted by Crippen LogP contribution is 2.43. The highest BCUT2D eigenvalue weighted by Gasteiger charge is 2.41. The topological polar surface area (TPSA) is 187 Å². The number of aryl methyl sites for hydroxylation is 1. The molecule has 0 radical (unpaired) electrons. The first-order chi connectivity index (χ1) is 17.1. The molecule has 1 aromatic rings. The molecule has 6 atom stereocenters. The molecule has 1 aromatic carbocycles. The fourth-order valence-corrected chi connectivity index (χ4v) is 5.29. The Bertz CT molecular complexity index is 873. The first-order valence-corrected chi connectivity index (χ1v) is 13.7. The molecule has 13 heteroatoms. The number of hydrogen-bond acceptors (Lipinski definition) is 10. The van der Waals surface area contributed by atoms with Crippen LogP contribution in [0.2, 0.25) is 0 Å². The number of carbonyl (C=O) groups is 1. The van der Waals surface area contributed by atoms with E-state index in [1.54, 1.807) is 14.2 Å². The van der Waals surface area contributed by atoms with Gasteiger partial charge in [0.25, 0.3) is 0 Å². The van der Waals surface area contributed by atoms with E-state index in [0.29, 0.717) is 37.2 Å². The maximum absolute atomic E-state index is 12.2. The summed E-state index contributed by atoms with van der Waals surface area (Å²) in [6.45, 7) is -0.195. The van der Waals surface area contributed by atoms with Crippen LogP contribution >= 0.6 is 7.60 Å². The molecule has 1 saturated heterocycles.